The molecule has 0 atom stereocenters. The molecule has 0 bridgehead atoms. The van der Waals surface area contributed by atoms with Gasteiger partial charge in [0.15, 0.2) is 0 Å². The normalized spacial score (nSPS) is 12.9. The van der Waals surface area contributed by atoms with Crippen molar-refractivity contribution in [3.63, 3.8) is 0 Å². The quantitative estimate of drug-likeness (QED) is 0.335. The van der Waals surface area contributed by atoms with Crippen molar-refractivity contribution < 1.29 is 9.59 Å². The molecule has 2 aromatic carbocycles. The standard InChI is InChI=1S/C18H12INO2/c19-11-5-8-13-6-1-2-7-14(13)12-20-17(21)15-9-3-4-10-16(15)18(20)22/h1-4,6-7,9-10H,11-12H2. The van der Waals surface area contributed by atoms with Gasteiger partial charge in [-0.25, -0.2) is 0 Å². The minimum atomic E-state index is -0.239. The fourth-order valence-corrected chi connectivity index (χ4v) is 2.65. The van der Waals surface area contributed by atoms with Crippen molar-refractivity contribution in [1.82, 2.24) is 4.90 Å². The Morgan fingerprint density at radius 1 is 0.909 bits per heavy atom. The molecule has 3 nitrogen and oxygen atoms in total. The van der Waals surface area contributed by atoms with Gasteiger partial charge >= 0.3 is 0 Å². The first-order chi connectivity index (χ1) is 10.7. The van der Waals surface area contributed by atoms with Crippen LogP contribution in [0.2, 0.25) is 0 Å². The van der Waals surface area contributed by atoms with E-state index in [9.17, 15) is 9.59 Å². The van der Waals surface area contributed by atoms with Crippen molar-refractivity contribution in [2.75, 3.05) is 4.43 Å². The first-order valence-electron chi connectivity index (χ1n) is 6.80. The van der Waals surface area contributed by atoms with Crippen LogP contribution in [0.5, 0.6) is 0 Å². The molecule has 22 heavy (non-hydrogen) atoms. The van der Waals surface area contributed by atoms with Crippen molar-refractivity contribution in [2.45, 2.75) is 6.54 Å². The number of imide groups is 1. The Hall–Kier alpha value is -2.13. The van der Waals surface area contributed by atoms with Gasteiger partial charge in [-0.3, -0.25) is 14.5 Å². The highest BCUT2D eigenvalue weighted by molar-refractivity contribution is 14.1. The Balaban J connectivity index is 1.93. The Morgan fingerprint density at radius 2 is 1.50 bits per heavy atom. The van der Waals surface area contributed by atoms with Crippen LogP contribution in [0.25, 0.3) is 0 Å². The smallest absolute Gasteiger partial charge is 0.261 e. The van der Waals surface area contributed by atoms with E-state index >= 15 is 0 Å². The molecule has 0 aromatic heterocycles. The molecular weight excluding hydrogens is 389 g/mol. The molecule has 2 aromatic rings. The molecule has 0 spiro atoms. The van der Waals surface area contributed by atoms with Gasteiger partial charge in [0.05, 0.1) is 22.1 Å². The number of nitrogens with zero attached hydrogens (tertiary/aromatic N) is 1. The number of rotatable bonds is 2. The van der Waals surface area contributed by atoms with E-state index in [4.69, 9.17) is 0 Å². The van der Waals surface area contributed by atoms with Crippen LogP contribution in [0.4, 0.5) is 0 Å². The zero-order valence-corrected chi connectivity index (χ0v) is 13.8. The lowest BCUT2D eigenvalue weighted by Gasteiger charge is -2.15. The fourth-order valence-electron chi connectivity index (χ4n) is 2.46. The van der Waals surface area contributed by atoms with Gasteiger partial charge in [-0.2, -0.15) is 0 Å². The molecule has 0 unspecified atom stereocenters. The third-order valence-electron chi connectivity index (χ3n) is 3.51. The molecule has 2 amide bonds. The second-order valence-electron chi connectivity index (χ2n) is 4.83. The van der Waals surface area contributed by atoms with Crippen LogP contribution in [0, 0.1) is 11.8 Å². The zero-order valence-electron chi connectivity index (χ0n) is 11.7. The summed E-state index contributed by atoms with van der Waals surface area (Å²) >= 11 is 2.19. The largest absolute Gasteiger partial charge is 0.270 e. The van der Waals surface area contributed by atoms with Gasteiger partial charge in [0.2, 0.25) is 0 Å². The molecule has 1 aliphatic rings. The minimum absolute atomic E-state index is 0.239. The summed E-state index contributed by atoms with van der Waals surface area (Å²) in [6.45, 7) is 0.248. The highest BCUT2D eigenvalue weighted by atomic mass is 127. The van der Waals surface area contributed by atoms with E-state index in [2.05, 4.69) is 34.4 Å². The molecule has 0 saturated carbocycles. The molecule has 0 aliphatic carbocycles. The van der Waals surface area contributed by atoms with Crippen molar-refractivity contribution in [2.24, 2.45) is 0 Å². The summed E-state index contributed by atoms with van der Waals surface area (Å²) in [6.07, 6.45) is 0. The van der Waals surface area contributed by atoms with E-state index in [1.165, 1.54) is 4.90 Å². The summed E-state index contributed by atoms with van der Waals surface area (Å²) in [4.78, 5) is 26.1. The number of hydrogen-bond donors (Lipinski definition) is 0. The van der Waals surface area contributed by atoms with Crippen molar-refractivity contribution in [3.8, 4) is 11.8 Å². The number of halogens is 1. The maximum absolute atomic E-state index is 12.4. The van der Waals surface area contributed by atoms with Gasteiger partial charge in [-0.15, -0.1) is 0 Å². The van der Waals surface area contributed by atoms with E-state index in [0.29, 0.717) is 11.1 Å². The zero-order chi connectivity index (χ0) is 15.5. The molecule has 4 heteroatoms. The number of carbonyl (C=O) groups is 2. The van der Waals surface area contributed by atoms with Crippen LogP contribution in [0.15, 0.2) is 48.5 Å². The van der Waals surface area contributed by atoms with E-state index in [-0.39, 0.29) is 18.4 Å². The van der Waals surface area contributed by atoms with E-state index < -0.39 is 0 Å². The van der Waals surface area contributed by atoms with Gasteiger partial charge in [0.1, 0.15) is 0 Å². The van der Waals surface area contributed by atoms with Gasteiger partial charge < -0.3 is 0 Å². The maximum atomic E-state index is 12.4. The SMILES string of the molecule is O=C1c2ccccc2C(=O)N1Cc1ccccc1C#CCI. The van der Waals surface area contributed by atoms with Crippen molar-refractivity contribution in [3.05, 3.63) is 70.8 Å². The average molecular weight is 401 g/mol. The third kappa shape index (κ3) is 2.64. The van der Waals surface area contributed by atoms with Crippen LogP contribution in [-0.4, -0.2) is 21.1 Å². The second-order valence-corrected chi connectivity index (χ2v) is 5.60. The lowest BCUT2D eigenvalue weighted by Crippen LogP contribution is -2.29. The van der Waals surface area contributed by atoms with Gasteiger partial charge in [-0.1, -0.05) is 64.8 Å². The number of hydrogen-bond acceptors (Lipinski definition) is 2. The van der Waals surface area contributed by atoms with Crippen LogP contribution in [-0.2, 0) is 6.54 Å². The van der Waals surface area contributed by atoms with E-state index in [1.54, 1.807) is 24.3 Å². The summed E-state index contributed by atoms with van der Waals surface area (Å²) in [5.74, 6) is 5.62. The maximum Gasteiger partial charge on any atom is 0.261 e. The topological polar surface area (TPSA) is 37.4 Å². The predicted molar refractivity (Wildman–Crippen MR) is 92.9 cm³/mol. The first-order valence-corrected chi connectivity index (χ1v) is 8.33. The highest BCUT2D eigenvalue weighted by Gasteiger charge is 2.35. The molecule has 3 rings (SSSR count). The lowest BCUT2D eigenvalue weighted by atomic mass is 10.1. The van der Waals surface area contributed by atoms with Gasteiger partial charge in [0, 0.05) is 5.56 Å². The summed E-state index contributed by atoms with van der Waals surface area (Å²) < 4.78 is 0.735. The Morgan fingerprint density at radius 3 is 2.14 bits per heavy atom. The number of fused-ring (bicyclic) bond motifs is 1. The molecule has 1 heterocycles. The predicted octanol–water partition coefficient (Wildman–Crippen LogP) is 3.27. The monoisotopic (exact) mass is 401 g/mol. The molecule has 0 saturated heterocycles. The van der Waals surface area contributed by atoms with Crippen molar-refractivity contribution in [1.29, 1.82) is 0 Å². The second kappa shape index (κ2) is 6.32. The Kier molecular flexibility index (Phi) is 4.25. The summed E-state index contributed by atoms with van der Waals surface area (Å²) in [6, 6.07) is 14.5. The van der Waals surface area contributed by atoms with Crippen molar-refractivity contribution >= 4 is 34.4 Å². The number of amides is 2. The summed E-state index contributed by atoms with van der Waals surface area (Å²) in [5.41, 5.74) is 2.69. The Labute approximate surface area is 142 Å². The van der Waals surface area contributed by atoms with Crippen LogP contribution in [0.3, 0.4) is 0 Å². The summed E-state index contributed by atoms with van der Waals surface area (Å²) in [5, 5.41) is 0. The highest BCUT2D eigenvalue weighted by Crippen LogP contribution is 2.24. The summed E-state index contributed by atoms with van der Waals surface area (Å²) in [7, 11) is 0. The molecule has 108 valence electrons. The van der Waals surface area contributed by atoms with Gasteiger partial charge in [0.25, 0.3) is 11.8 Å². The molecule has 1 aliphatic heterocycles. The van der Waals surface area contributed by atoms with E-state index in [1.807, 2.05) is 24.3 Å². The molecule has 0 fully saturated rings. The van der Waals surface area contributed by atoms with Gasteiger partial charge in [-0.05, 0) is 23.8 Å². The number of alkyl halides is 1. The third-order valence-corrected chi connectivity index (χ3v) is 3.90. The Bertz CT molecular complexity index is 782. The minimum Gasteiger partial charge on any atom is -0.270 e. The molecule has 0 radical (unpaired) electrons. The van der Waals surface area contributed by atoms with Crippen LogP contribution < -0.4 is 0 Å². The van der Waals surface area contributed by atoms with E-state index in [0.717, 1.165) is 15.6 Å². The van der Waals surface area contributed by atoms with Crippen LogP contribution >= 0.6 is 22.6 Å². The number of benzene rings is 2. The number of carbonyl (C=O) groups excluding carboxylic acids is 2. The molecular formula is C18H12INO2. The average Bonchev–Trinajstić information content (AvgIpc) is 2.79. The first kappa shape index (κ1) is 14.8. The lowest BCUT2D eigenvalue weighted by molar-refractivity contribution is 0.0642. The fraction of sp³-hybridized carbons (Fsp3) is 0.111. The van der Waals surface area contributed by atoms with Crippen LogP contribution in [0.1, 0.15) is 31.8 Å². The molecule has 0 N–H and O–H groups in total.